The lowest BCUT2D eigenvalue weighted by Crippen LogP contribution is -2.26. The predicted molar refractivity (Wildman–Crippen MR) is 105 cm³/mol. The molecule has 0 aliphatic carbocycles. The van der Waals surface area contributed by atoms with E-state index in [1.807, 2.05) is 0 Å². The van der Waals surface area contributed by atoms with Crippen molar-refractivity contribution in [3.8, 4) is 11.5 Å². The molecule has 2 rings (SSSR count). The highest BCUT2D eigenvalue weighted by atomic mass is 79.9. The molecule has 10 nitrogen and oxygen atoms in total. The first-order valence-corrected chi connectivity index (χ1v) is 9.58. The van der Waals surface area contributed by atoms with Gasteiger partial charge in [-0.3, -0.25) is 9.59 Å². The van der Waals surface area contributed by atoms with E-state index in [2.05, 4.69) is 31.4 Å². The maximum Gasteiger partial charge on any atom is 0.341 e. The summed E-state index contributed by atoms with van der Waals surface area (Å²) in [7, 11) is 0. The van der Waals surface area contributed by atoms with E-state index in [-0.39, 0.29) is 17.3 Å². The van der Waals surface area contributed by atoms with Gasteiger partial charge in [0.25, 0.3) is 0 Å². The highest BCUT2D eigenvalue weighted by molar-refractivity contribution is 9.10. The number of amidine groups is 1. The second-order valence-corrected chi connectivity index (χ2v) is 7.33. The van der Waals surface area contributed by atoms with Gasteiger partial charge in [0.2, 0.25) is 5.91 Å². The lowest BCUT2D eigenvalue weighted by atomic mass is 10.2. The molecule has 0 saturated carbocycles. The molecule has 1 aliphatic rings. The monoisotopic (exact) mass is 473 g/mol. The molecule has 3 N–H and O–H groups in total. The normalized spacial score (nSPS) is 17.7. The zero-order valence-corrected chi connectivity index (χ0v) is 16.9. The number of carbonyl (C=O) groups excluding carboxylic acids is 1. The summed E-state index contributed by atoms with van der Waals surface area (Å²) in [6, 6.07) is 3.24. The van der Waals surface area contributed by atoms with Gasteiger partial charge in [-0.05, 0) is 40.5 Å². The number of rotatable bonds is 9. The number of thioether (sulfide) groups is 1. The van der Waals surface area contributed by atoms with Crippen LogP contribution >= 0.6 is 27.7 Å². The van der Waals surface area contributed by atoms with Crippen molar-refractivity contribution < 1.29 is 34.1 Å². The maximum absolute atomic E-state index is 11.7. The molecule has 0 spiro atoms. The molecule has 12 heteroatoms. The number of carboxylic acids is 2. The SMILES string of the molecule is CCOc1cc(C=NN=C2NC(=O)C(CC(=O)O)S2)cc(Br)c1OCC(=O)O. The van der Waals surface area contributed by atoms with Crippen LogP contribution in [0.5, 0.6) is 11.5 Å². The van der Waals surface area contributed by atoms with Gasteiger partial charge in [0.15, 0.2) is 23.3 Å². The van der Waals surface area contributed by atoms with Gasteiger partial charge in [-0.1, -0.05) is 11.8 Å². The van der Waals surface area contributed by atoms with Gasteiger partial charge in [0, 0.05) is 0 Å². The number of amides is 1. The van der Waals surface area contributed by atoms with E-state index in [0.717, 1.165) is 11.8 Å². The predicted octanol–water partition coefficient (Wildman–Crippen LogP) is 1.71. The van der Waals surface area contributed by atoms with Gasteiger partial charge in [-0.2, -0.15) is 5.10 Å². The Hall–Kier alpha value is -2.60. The van der Waals surface area contributed by atoms with Crippen molar-refractivity contribution in [2.75, 3.05) is 13.2 Å². The van der Waals surface area contributed by atoms with Crippen LogP contribution in [0.2, 0.25) is 0 Å². The van der Waals surface area contributed by atoms with E-state index in [1.165, 1.54) is 6.21 Å². The van der Waals surface area contributed by atoms with E-state index in [1.54, 1.807) is 19.1 Å². The summed E-state index contributed by atoms with van der Waals surface area (Å²) < 4.78 is 11.2. The third kappa shape index (κ3) is 6.23. The average Bonchev–Trinajstić information content (AvgIpc) is 2.93. The summed E-state index contributed by atoms with van der Waals surface area (Å²) in [5.74, 6) is -2.04. The summed E-state index contributed by atoms with van der Waals surface area (Å²) in [4.78, 5) is 33.1. The molecule has 0 bridgehead atoms. The van der Waals surface area contributed by atoms with Crippen molar-refractivity contribution >= 4 is 56.9 Å². The molecule has 1 fully saturated rings. The second-order valence-electron chi connectivity index (χ2n) is 5.29. The molecule has 28 heavy (non-hydrogen) atoms. The van der Waals surface area contributed by atoms with E-state index in [9.17, 15) is 14.4 Å². The van der Waals surface area contributed by atoms with Crippen LogP contribution in [-0.2, 0) is 14.4 Å². The first kappa shape index (κ1) is 21.7. The number of nitrogens with one attached hydrogen (secondary N) is 1. The Kier molecular flexibility index (Phi) is 7.81. The molecule has 0 radical (unpaired) electrons. The molecular weight excluding hydrogens is 458 g/mol. The van der Waals surface area contributed by atoms with Crippen LogP contribution in [0.25, 0.3) is 0 Å². The molecular formula is C16H16BrN3O7S. The van der Waals surface area contributed by atoms with Crippen LogP contribution in [0, 0.1) is 0 Å². The van der Waals surface area contributed by atoms with Crippen molar-refractivity contribution in [1.29, 1.82) is 0 Å². The molecule has 1 aromatic carbocycles. The third-order valence-electron chi connectivity index (χ3n) is 3.16. The van der Waals surface area contributed by atoms with Gasteiger partial charge >= 0.3 is 11.9 Å². The number of hydrogen-bond donors (Lipinski definition) is 3. The largest absolute Gasteiger partial charge is 0.490 e. The molecule has 1 unspecified atom stereocenters. The van der Waals surface area contributed by atoms with Crippen molar-refractivity contribution in [1.82, 2.24) is 5.32 Å². The Morgan fingerprint density at radius 2 is 2.07 bits per heavy atom. The van der Waals surface area contributed by atoms with Gasteiger partial charge < -0.3 is 25.0 Å². The molecule has 1 atom stereocenters. The first-order valence-electron chi connectivity index (χ1n) is 7.91. The highest BCUT2D eigenvalue weighted by Crippen LogP contribution is 2.36. The van der Waals surface area contributed by atoms with E-state index >= 15 is 0 Å². The van der Waals surface area contributed by atoms with E-state index < -0.39 is 29.7 Å². The highest BCUT2D eigenvalue weighted by Gasteiger charge is 2.32. The smallest absolute Gasteiger partial charge is 0.341 e. The van der Waals surface area contributed by atoms with E-state index in [0.29, 0.717) is 22.4 Å². The van der Waals surface area contributed by atoms with Gasteiger partial charge in [-0.25, -0.2) is 4.79 Å². The number of hydrogen-bond acceptors (Lipinski definition) is 8. The summed E-state index contributed by atoms with van der Waals surface area (Å²) >= 11 is 4.30. The lowest BCUT2D eigenvalue weighted by molar-refractivity contribution is -0.139. The number of ether oxygens (including phenoxy) is 2. The van der Waals surface area contributed by atoms with Crippen LogP contribution in [-0.4, -0.2) is 57.9 Å². The summed E-state index contributed by atoms with van der Waals surface area (Å²) in [6.45, 7) is 1.59. The van der Waals surface area contributed by atoms with Crippen molar-refractivity contribution in [2.24, 2.45) is 10.2 Å². The van der Waals surface area contributed by atoms with Crippen LogP contribution in [0.3, 0.4) is 0 Å². The number of carboxylic acid groups (broad SMARTS) is 2. The van der Waals surface area contributed by atoms with Crippen molar-refractivity contribution in [3.05, 3.63) is 22.2 Å². The fourth-order valence-corrected chi connectivity index (χ4v) is 3.58. The fraction of sp³-hybridized carbons (Fsp3) is 0.312. The standard InChI is InChI=1S/C16H16BrN3O7S/c1-2-26-10-4-8(3-9(17)14(10)27-7-13(23)24)6-18-20-16-19-15(25)11(28-16)5-12(21)22/h3-4,6,11H,2,5,7H2,1H3,(H,21,22)(H,23,24)(H,19,20,25). The number of aliphatic carboxylic acids is 2. The average molecular weight is 474 g/mol. The maximum atomic E-state index is 11.7. The van der Waals surface area contributed by atoms with Gasteiger partial charge in [0.05, 0.1) is 23.7 Å². The minimum Gasteiger partial charge on any atom is -0.490 e. The fourth-order valence-electron chi connectivity index (χ4n) is 2.09. The molecule has 0 aromatic heterocycles. The first-order chi connectivity index (χ1) is 13.3. The Labute approximate surface area is 172 Å². The molecule has 1 aromatic rings. The minimum atomic E-state index is -1.12. The van der Waals surface area contributed by atoms with Crippen molar-refractivity contribution in [2.45, 2.75) is 18.6 Å². The zero-order valence-electron chi connectivity index (χ0n) is 14.5. The molecule has 1 aliphatic heterocycles. The van der Waals surface area contributed by atoms with Gasteiger partial charge in [0.1, 0.15) is 5.25 Å². The van der Waals surface area contributed by atoms with Crippen molar-refractivity contribution in [3.63, 3.8) is 0 Å². The Morgan fingerprint density at radius 3 is 2.71 bits per heavy atom. The minimum absolute atomic E-state index is 0.206. The lowest BCUT2D eigenvalue weighted by Gasteiger charge is -2.13. The summed E-state index contributed by atoms with van der Waals surface area (Å²) in [6.07, 6.45) is 1.10. The summed E-state index contributed by atoms with van der Waals surface area (Å²) in [5.41, 5.74) is 0.582. The number of halogens is 1. The Balaban J connectivity index is 2.14. The second kappa shape index (κ2) is 10.1. The Morgan fingerprint density at radius 1 is 1.32 bits per heavy atom. The topological polar surface area (TPSA) is 147 Å². The van der Waals surface area contributed by atoms with Crippen LogP contribution in [0.1, 0.15) is 18.9 Å². The molecule has 1 saturated heterocycles. The van der Waals surface area contributed by atoms with Crippen LogP contribution < -0.4 is 14.8 Å². The molecule has 150 valence electrons. The quantitative estimate of drug-likeness (QED) is 0.362. The number of carbonyl (C=O) groups is 3. The third-order valence-corrected chi connectivity index (χ3v) is 4.82. The van der Waals surface area contributed by atoms with E-state index in [4.69, 9.17) is 19.7 Å². The number of nitrogens with zero attached hydrogens (tertiary/aromatic N) is 2. The summed E-state index contributed by atoms with van der Waals surface area (Å²) in [5, 5.41) is 27.2. The zero-order chi connectivity index (χ0) is 20.7. The molecule has 1 amide bonds. The Bertz CT molecular complexity index is 844. The van der Waals surface area contributed by atoms with Gasteiger partial charge in [-0.15, -0.1) is 5.10 Å². The van der Waals surface area contributed by atoms with Crippen LogP contribution in [0.4, 0.5) is 0 Å². The van der Waals surface area contributed by atoms with Crippen LogP contribution in [0.15, 0.2) is 26.8 Å². The number of benzene rings is 1. The molecule has 1 heterocycles.